The van der Waals surface area contributed by atoms with Crippen molar-refractivity contribution in [1.29, 1.82) is 0 Å². The Morgan fingerprint density at radius 1 is 1.58 bits per heavy atom. The number of rotatable bonds is 4. The number of furan rings is 1. The van der Waals surface area contributed by atoms with Crippen LogP contribution in [0.3, 0.4) is 0 Å². The highest BCUT2D eigenvalue weighted by molar-refractivity contribution is 5.04. The van der Waals surface area contributed by atoms with Gasteiger partial charge in [-0.05, 0) is 12.1 Å². The van der Waals surface area contributed by atoms with Gasteiger partial charge in [-0.2, -0.15) is 0 Å². The SMILES string of the molecule is CC(C)NC(CN)c1ccco1. The molecule has 0 fully saturated rings. The fourth-order valence-corrected chi connectivity index (χ4v) is 1.16. The van der Waals surface area contributed by atoms with E-state index in [1.165, 1.54) is 0 Å². The van der Waals surface area contributed by atoms with Crippen LogP contribution in [0, 0.1) is 0 Å². The van der Waals surface area contributed by atoms with Crippen molar-refractivity contribution in [3.05, 3.63) is 24.2 Å². The van der Waals surface area contributed by atoms with Crippen LogP contribution in [-0.2, 0) is 0 Å². The van der Waals surface area contributed by atoms with E-state index in [1.54, 1.807) is 6.26 Å². The smallest absolute Gasteiger partial charge is 0.121 e. The van der Waals surface area contributed by atoms with Crippen LogP contribution >= 0.6 is 0 Å². The van der Waals surface area contributed by atoms with E-state index in [2.05, 4.69) is 19.2 Å². The first-order valence-corrected chi connectivity index (χ1v) is 4.23. The molecule has 0 aromatic carbocycles. The van der Waals surface area contributed by atoms with Gasteiger partial charge in [-0.15, -0.1) is 0 Å². The van der Waals surface area contributed by atoms with E-state index >= 15 is 0 Å². The molecule has 0 aliphatic carbocycles. The third kappa shape index (κ3) is 2.36. The minimum atomic E-state index is 0.139. The molecular weight excluding hydrogens is 152 g/mol. The summed E-state index contributed by atoms with van der Waals surface area (Å²) in [5.74, 6) is 0.909. The Balaban J connectivity index is 2.57. The lowest BCUT2D eigenvalue weighted by Crippen LogP contribution is -2.32. The van der Waals surface area contributed by atoms with Crippen molar-refractivity contribution < 1.29 is 4.42 Å². The minimum Gasteiger partial charge on any atom is -0.468 e. The number of nitrogens with two attached hydrogens (primary N) is 1. The topological polar surface area (TPSA) is 51.2 Å². The first kappa shape index (κ1) is 9.29. The maximum Gasteiger partial charge on any atom is 0.121 e. The molecule has 3 nitrogen and oxygen atoms in total. The van der Waals surface area contributed by atoms with Crippen molar-refractivity contribution in [2.75, 3.05) is 6.54 Å². The zero-order chi connectivity index (χ0) is 8.97. The van der Waals surface area contributed by atoms with Crippen molar-refractivity contribution in [2.24, 2.45) is 5.73 Å². The minimum absolute atomic E-state index is 0.139. The van der Waals surface area contributed by atoms with Gasteiger partial charge in [0.15, 0.2) is 0 Å². The first-order valence-electron chi connectivity index (χ1n) is 4.23. The second kappa shape index (κ2) is 4.28. The summed E-state index contributed by atoms with van der Waals surface area (Å²) in [6.45, 7) is 4.74. The molecule has 1 unspecified atom stereocenters. The molecule has 0 bridgehead atoms. The molecule has 3 heteroatoms. The summed E-state index contributed by atoms with van der Waals surface area (Å²) in [4.78, 5) is 0. The molecule has 0 aliphatic heterocycles. The number of hydrogen-bond donors (Lipinski definition) is 2. The Morgan fingerprint density at radius 3 is 2.75 bits per heavy atom. The van der Waals surface area contributed by atoms with Gasteiger partial charge in [-0.25, -0.2) is 0 Å². The quantitative estimate of drug-likeness (QED) is 0.712. The summed E-state index contributed by atoms with van der Waals surface area (Å²) in [5.41, 5.74) is 5.59. The monoisotopic (exact) mass is 168 g/mol. The highest BCUT2D eigenvalue weighted by Crippen LogP contribution is 2.12. The van der Waals surface area contributed by atoms with Crippen LogP contribution in [0.2, 0.25) is 0 Å². The zero-order valence-corrected chi connectivity index (χ0v) is 7.58. The van der Waals surface area contributed by atoms with Gasteiger partial charge in [-0.3, -0.25) is 0 Å². The lowest BCUT2D eigenvalue weighted by Gasteiger charge is -2.16. The highest BCUT2D eigenvalue weighted by Gasteiger charge is 2.12. The summed E-state index contributed by atoms with van der Waals surface area (Å²) in [6.07, 6.45) is 1.67. The lowest BCUT2D eigenvalue weighted by molar-refractivity contribution is 0.394. The molecule has 0 saturated heterocycles. The van der Waals surface area contributed by atoms with E-state index in [4.69, 9.17) is 10.2 Å². The van der Waals surface area contributed by atoms with Gasteiger partial charge >= 0.3 is 0 Å². The Bertz CT molecular complexity index is 206. The molecule has 0 radical (unpaired) electrons. The van der Waals surface area contributed by atoms with Crippen LogP contribution in [0.25, 0.3) is 0 Å². The van der Waals surface area contributed by atoms with E-state index in [0.29, 0.717) is 12.6 Å². The first-order chi connectivity index (χ1) is 5.74. The van der Waals surface area contributed by atoms with Gasteiger partial charge in [0, 0.05) is 12.6 Å². The highest BCUT2D eigenvalue weighted by atomic mass is 16.3. The summed E-state index contributed by atoms with van der Waals surface area (Å²) >= 11 is 0. The molecule has 0 aliphatic rings. The Labute approximate surface area is 72.9 Å². The average molecular weight is 168 g/mol. The molecule has 0 spiro atoms. The zero-order valence-electron chi connectivity index (χ0n) is 7.58. The second-order valence-corrected chi connectivity index (χ2v) is 3.13. The van der Waals surface area contributed by atoms with Gasteiger partial charge in [0.1, 0.15) is 5.76 Å². The normalized spacial score (nSPS) is 13.7. The molecule has 0 saturated carbocycles. The molecular formula is C9H16N2O. The molecule has 3 N–H and O–H groups in total. The predicted octanol–water partition coefficient (Wildman–Crippen LogP) is 1.28. The van der Waals surface area contributed by atoms with Crippen molar-refractivity contribution in [2.45, 2.75) is 25.9 Å². The Hall–Kier alpha value is -0.800. The molecule has 68 valence electrons. The largest absolute Gasteiger partial charge is 0.468 e. The predicted molar refractivity (Wildman–Crippen MR) is 48.8 cm³/mol. The fourth-order valence-electron chi connectivity index (χ4n) is 1.16. The molecule has 0 amide bonds. The molecule has 1 aromatic rings. The van der Waals surface area contributed by atoms with Gasteiger partial charge in [0.05, 0.1) is 12.3 Å². The van der Waals surface area contributed by atoms with Crippen LogP contribution in [-0.4, -0.2) is 12.6 Å². The fraction of sp³-hybridized carbons (Fsp3) is 0.556. The number of nitrogens with one attached hydrogen (secondary N) is 1. The summed E-state index contributed by atoms with van der Waals surface area (Å²) < 4.78 is 5.24. The Kier molecular flexibility index (Phi) is 3.31. The van der Waals surface area contributed by atoms with Gasteiger partial charge in [0.2, 0.25) is 0 Å². The lowest BCUT2D eigenvalue weighted by atomic mass is 10.2. The van der Waals surface area contributed by atoms with E-state index in [-0.39, 0.29) is 6.04 Å². The summed E-state index contributed by atoms with van der Waals surface area (Å²) in [6, 6.07) is 4.37. The third-order valence-electron chi connectivity index (χ3n) is 1.66. The maximum absolute atomic E-state index is 5.59. The summed E-state index contributed by atoms with van der Waals surface area (Å²) in [5, 5.41) is 3.31. The van der Waals surface area contributed by atoms with Crippen LogP contribution in [0.15, 0.2) is 22.8 Å². The average Bonchev–Trinajstić information content (AvgIpc) is 2.51. The standard InChI is InChI=1S/C9H16N2O/c1-7(2)11-8(6-10)9-4-3-5-12-9/h3-5,7-8,11H,6,10H2,1-2H3. The van der Waals surface area contributed by atoms with E-state index in [1.807, 2.05) is 12.1 Å². The molecule has 1 atom stereocenters. The molecule has 1 heterocycles. The second-order valence-electron chi connectivity index (χ2n) is 3.13. The van der Waals surface area contributed by atoms with Crippen LogP contribution in [0.4, 0.5) is 0 Å². The molecule has 12 heavy (non-hydrogen) atoms. The van der Waals surface area contributed by atoms with Crippen molar-refractivity contribution >= 4 is 0 Å². The van der Waals surface area contributed by atoms with Gasteiger partial charge < -0.3 is 15.5 Å². The third-order valence-corrected chi connectivity index (χ3v) is 1.66. The van der Waals surface area contributed by atoms with Gasteiger partial charge in [-0.1, -0.05) is 13.8 Å². The van der Waals surface area contributed by atoms with Gasteiger partial charge in [0.25, 0.3) is 0 Å². The van der Waals surface area contributed by atoms with Crippen LogP contribution in [0.1, 0.15) is 25.6 Å². The van der Waals surface area contributed by atoms with Crippen LogP contribution < -0.4 is 11.1 Å². The van der Waals surface area contributed by atoms with E-state index in [9.17, 15) is 0 Å². The summed E-state index contributed by atoms with van der Waals surface area (Å²) in [7, 11) is 0. The van der Waals surface area contributed by atoms with E-state index < -0.39 is 0 Å². The van der Waals surface area contributed by atoms with E-state index in [0.717, 1.165) is 5.76 Å². The maximum atomic E-state index is 5.59. The number of hydrogen-bond acceptors (Lipinski definition) is 3. The van der Waals surface area contributed by atoms with Crippen LogP contribution in [0.5, 0.6) is 0 Å². The van der Waals surface area contributed by atoms with Crippen molar-refractivity contribution in [1.82, 2.24) is 5.32 Å². The Morgan fingerprint density at radius 2 is 2.33 bits per heavy atom. The molecule has 1 rings (SSSR count). The van der Waals surface area contributed by atoms with Crippen molar-refractivity contribution in [3.63, 3.8) is 0 Å². The van der Waals surface area contributed by atoms with Crippen molar-refractivity contribution in [3.8, 4) is 0 Å². The molecule has 1 aromatic heterocycles.